The molecule has 0 radical (unpaired) electrons. The van der Waals surface area contributed by atoms with Crippen molar-refractivity contribution in [3.05, 3.63) is 48.0 Å². The highest BCUT2D eigenvalue weighted by atomic mass is 16.5. The van der Waals surface area contributed by atoms with Crippen molar-refractivity contribution in [3.8, 4) is 11.5 Å². The molecule has 166 valence electrons. The summed E-state index contributed by atoms with van der Waals surface area (Å²) in [7, 11) is 0. The molecule has 4 saturated heterocycles. The molecule has 2 bridgehead atoms. The van der Waals surface area contributed by atoms with Gasteiger partial charge in [0.05, 0.1) is 18.8 Å². The lowest BCUT2D eigenvalue weighted by Crippen LogP contribution is -2.57. The van der Waals surface area contributed by atoms with Gasteiger partial charge in [-0.3, -0.25) is 4.79 Å². The van der Waals surface area contributed by atoms with Crippen molar-refractivity contribution in [1.82, 2.24) is 15.2 Å². The van der Waals surface area contributed by atoms with Crippen LogP contribution in [-0.2, 0) is 4.74 Å². The Kier molecular flexibility index (Phi) is 5.08. The van der Waals surface area contributed by atoms with Crippen LogP contribution in [0.3, 0.4) is 0 Å². The maximum atomic E-state index is 13.5. The highest BCUT2D eigenvalue weighted by Crippen LogP contribution is 2.32. The minimum atomic E-state index is -0.0585. The fourth-order valence-electron chi connectivity index (χ4n) is 5.27. The first-order valence-corrected chi connectivity index (χ1v) is 11.6. The molecule has 3 aromatic rings. The Labute approximate surface area is 187 Å². The second kappa shape index (κ2) is 8.22. The topological polar surface area (TPSA) is 70.8 Å². The molecule has 0 saturated carbocycles. The molecule has 7 nitrogen and oxygen atoms in total. The van der Waals surface area contributed by atoms with E-state index in [9.17, 15) is 4.79 Å². The molecule has 1 aromatic heterocycles. The van der Waals surface area contributed by atoms with E-state index in [2.05, 4.69) is 15.1 Å². The molecule has 4 aliphatic heterocycles. The van der Waals surface area contributed by atoms with Crippen LogP contribution in [0.25, 0.3) is 22.6 Å². The van der Waals surface area contributed by atoms with E-state index in [-0.39, 0.29) is 11.9 Å². The third-order valence-corrected chi connectivity index (χ3v) is 7.09. The van der Waals surface area contributed by atoms with Crippen molar-refractivity contribution in [2.24, 2.45) is 5.92 Å². The zero-order chi connectivity index (χ0) is 21.5. The van der Waals surface area contributed by atoms with E-state index >= 15 is 0 Å². The van der Waals surface area contributed by atoms with Crippen molar-refractivity contribution < 1.29 is 13.9 Å². The maximum absolute atomic E-state index is 13.5. The highest BCUT2D eigenvalue weighted by Gasteiger charge is 2.35. The zero-order valence-electron chi connectivity index (χ0n) is 18.1. The van der Waals surface area contributed by atoms with Crippen LogP contribution in [0, 0.1) is 5.92 Å². The number of oxazole rings is 1. The van der Waals surface area contributed by atoms with Crippen molar-refractivity contribution >= 4 is 22.7 Å². The molecule has 5 heterocycles. The number of nitrogens with zero attached hydrogens (tertiary/aromatic N) is 3. The van der Waals surface area contributed by atoms with Gasteiger partial charge in [0.25, 0.3) is 5.91 Å². The van der Waals surface area contributed by atoms with Crippen molar-refractivity contribution in [2.45, 2.75) is 18.9 Å². The Morgan fingerprint density at radius 3 is 2.53 bits per heavy atom. The van der Waals surface area contributed by atoms with Crippen LogP contribution in [-0.4, -0.2) is 67.8 Å². The van der Waals surface area contributed by atoms with Gasteiger partial charge in [0.1, 0.15) is 5.52 Å². The molecular weight excluding hydrogens is 404 g/mol. The Hall–Kier alpha value is -2.90. The summed E-state index contributed by atoms with van der Waals surface area (Å²) in [6, 6.07) is 14.0. The van der Waals surface area contributed by atoms with Gasteiger partial charge in [-0.05, 0) is 50.0 Å². The third kappa shape index (κ3) is 3.65. The number of morpholine rings is 1. The van der Waals surface area contributed by atoms with E-state index in [0.717, 1.165) is 56.8 Å². The summed E-state index contributed by atoms with van der Waals surface area (Å²) in [6.07, 6.45) is 2.33. The fourth-order valence-corrected chi connectivity index (χ4v) is 5.27. The van der Waals surface area contributed by atoms with Gasteiger partial charge in [-0.15, -0.1) is 0 Å². The molecule has 0 aliphatic carbocycles. The van der Waals surface area contributed by atoms with Gasteiger partial charge in [0.2, 0.25) is 5.89 Å². The number of fused-ring (bicyclic) bond motifs is 4. The van der Waals surface area contributed by atoms with Crippen LogP contribution < -0.4 is 10.2 Å². The summed E-state index contributed by atoms with van der Waals surface area (Å²) in [6.45, 7) is 6.21. The second-order valence-corrected chi connectivity index (χ2v) is 9.04. The predicted octanol–water partition coefficient (Wildman–Crippen LogP) is 3.16. The van der Waals surface area contributed by atoms with E-state index in [4.69, 9.17) is 14.1 Å². The summed E-state index contributed by atoms with van der Waals surface area (Å²) in [5.41, 5.74) is 3.74. The first-order valence-electron chi connectivity index (χ1n) is 11.6. The van der Waals surface area contributed by atoms with Crippen LogP contribution in [0.1, 0.15) is 23.2 Å². The second-order valence-electron chi connectivity index (χ2n) is 9.04. The molecule has 4 aliphatic rings. The number of carbonyl (C=O) groups is 1. The first kappa shape index (κ1) is 19.8. The number of nitrogens with one attached hydrogen (secondary N) is 1. The van der Waals surface area contributed by atoms with E-state index in [1.165, 1.54) is 0 Å². The van der Waals surface area contributed by atoms with Crippen LogP contribution in [0.4, 0.5) is 5.69 Å². The van der Waals surface area contributed by atoms with Crippen LogP contribution >= 0.6 is 0 Å². The smallest absolute Gasteiger partial charge is 0.253 e. The van der Waals surface area contributed by atoms with Crippen LogP contribution in [0.15, 0.2) is 46.9 Å². The van der Waals surface area contributed by atoms with E-state index < -0.39 is 0 Å². The van der Waals surface area contributed by atoms with Gasteiger partial charge in [0.15, 0.2) is 5.58 Å². The minimum absolute atomic E-state index is 0.0585. The van der Waals surface area contributed by atoms with Gasteiger partial charge < -0.3 is 24.3 Å². The molecule has 7 rings (SSSR count). The summed E-state index contributed by atoms with van der Waals surface area (Å²) < 4.78 is 11.7. The quantitative estimate of drug-likeness (QED) is 0.683. The molecular formula is C25H28N4O3. The molecule has 1 amide bonds. The average molecular weight is 433 g/mol. The lowest BCUT2D eigenvalue weighted by molar-refractivity contribution is 0.0621. The maximum Gasteiger partial charge on any atom is 0.253 e. The van der Waals surface area contributed by atoms with Gasteiger partial charge in [0, 0.05) is 43.0 Å². The van der Waals surface area contributed by atoms with Crippen LogP contribution in [0.5, 0.6) is 0 Å². The number of aromatic nitrogens is 1. The third-order valence-electron chi connectivity index (χ3n) is 7.09. The molecule has 1 N–H and O–H groups in total. The first-order chi connectivity index (χ1) is 15.7. The number of piperidine rings is 3. The van der Waals surface area contributed by atoms with Crippen molar-refractivity contribution in [2.75, 3.05) is 50.8 Å². The molecule has 1 unspecified atom stereocenters. The van der Waals surface area contributed by atoms with Gasteiger partial charge >= 0.3 is 0 Å². The summed E-state index contributed by atoms with van der Waals surface area (Å²) in [5.74, 6) is 1.05. The predicted molar refractivity (Wildman–Crippen MR) is 123 cm³/mol. The molecule has 2 aromatic carbocycles. The Balaban J connectivity index is 1.38. The SMILES string of the molecule is O=C(NC1CN2CCC1CC2)c1cc(N2CCOCC2)cc2oc(-c3ccccc3)nc12. The van der Waals surface area contributed by atoms with E-state index in [0.29, 0.717) is 41.7 Å². The molecule has 0 spiro atoms. The van der Waals surface area contributed by atoms with Crippen LogP contribution in [0.2, 0.25) is 0 Å². The zero-order valence-corrected chi connectivity index (χ0v) is 18.1. The van der Waals surface area contributed by atoms with E-state index in [1.54, 1.807) is 0 Å². The number of benzene rings is 2. The number of hydrogen-bond acceptors (Lipinski definition) is 6. The number of anilines is 1. The largest absolute Gasteiger partial charge is 0.436 e. The monoisotopic (exact) mass is 432 g/mol. The minimum Gasteiger partial charge on any atom is -0.436 e. The lowest BCUT2D eigenvalue weighted by Gasteiger charge is -2.44. The molecule has 1 atom stereocenters. The molecule has 4 fully saturated rings. The molecule has 7 heteroatoms. The number of amides is 1. The van der Waals surface area contributed by atoms with Gasteiger partial charge in [-0.2, -0.15) is 0 Å². The van der Waals surface area contributed by atoms with Crippen molar-refractivity contribution in [3.63, 3.8) is 0 Å². The summed E-state index contributed by atoms with van der Waals surface area (Å²) in [5, 5.41) is 3.33. The van der Waals surface area contributed by atoms with Gasteiger partial charge in [-0.25, -0.2) is 4.98 Å². The summed E-state index contributed by atoms with van der Waals surface area (Å²) >= 11 is 0. The van der Waals surface area contributed by atoms with Crippen molar-refractivity contribution in [1.29, 1.82) is 0 Å². The number of ether oxygens (including phenoxy) is 1. The molecule has 32 heavy (non-hydrogen) atoms. The standard InChI is InChI=1S/C25H28N4O3/c30-24(26-21-16-28-8-6-17(21)7-9-28)20-14-19(29-10-12-31-13-11-29)15-22-23(20)27-25(32-22)18-4-2-1-3-5-18/h1-5,14-15,17,21H,6-13,16H2,(H,26,30). The number of carbonyl (C=O) groups excluding carboxylic acids is 1. The number of hydrogen-bond donors (Lipinski definition) is 1. The lowest BCUT2D eigenvalue weighted by atomic mass is 9.84. The van der Waals surface area contributed by atoms with Gasteiger partial charge in [-0.1, -0.05) is 18.2 Å². The Morgan fingerprint density at radius 2 is 1.81 bits per heavy atom. The fraction of sp³-hybridized carbons (Fsp3) is 0.440. The summed E-state index contributed by atoms with van der Waals surface area (Å²) in [4.78, 5) is 23.0. The average Bonchev–Trinajstić information content (AvgIpc) is 3.29. The number of rotatable bonds is 4. The van der Waals surface area contributed by atoms with E-state index in [1.807, 2.05) is 42.5 Å². The normalized spacial score (nSPS) is 25.2. The highest BCUT2D eigenvalue weighted by molar-refractivity contribution is 6.06. The Bertz CT molecular complexity index is 1110. The Morgan fingerprint density at radius 1 is 1.03 bits per heavy atom.